The SMILES string of the molecule is CC/C=C\C/C=C\C/C=C\C/C=C\C/C=C\C/C=C\CCCCCCC(=O)OCC(COC(=O)CCCCCCCC)OC(=O)CCCCCCCCCCCCCCCCC. The molecule has 1 atom stereocenters. The van der Waals surface area contributed by atoms with E-state index in [1.165, 1.54) is 96.3 Å². The summed E-state index contributed by atoms with van der Waals surface area (Å²) in [5.41, 5.74) is 0. The van der Waals surface area contributed by atoms with Gasteiger partial charge in [-0.15, -0.1) is 0 Å². The van der Waals surface area contributed by atoms with Crippen LogP contribution in [0.25, 0.3) is 0 Å². The molecular formula is C56H96O6. The summed E-state index contributed by atoms with van der Waals surface area (Å²) in [5, 5.41) is 0. The molecule has 0 saturated heterocycles. The fourth-order valence-corrected chi connectivity index (χ4v) is 7.09. The van der Waals surface area contributed by atoms with Crippen molar-refractivity contribution in [3.8, 4) is 0 Å². The van der Waals surface area contributed by atoms with Gasteiger partial charge in [0.05, 0.1) is 0 Å². The largest absolute Gasteiger partial charge is 0.462 e. The lowest BCUT2D eigenvalue weighted by atomic mass is 10.0. The first-order valence-electron chi connectivity index (χ1n) is 25.9. The monoisotopic (exact) mass is 865 g/mol. The number of ether oxygens (including phenoxy) is 3. The minimum Gasteiger partial charge on any atom is -0.462 e. The molecule has 0 heterocycles. The van der Waals surface area contributed by atoms with Crippen LogP contribution in [-0.4, -0.2) is 37.2 Å². The third kappa shape index (κ3) is 47.9. The second-order valence-corrected chi connectivity index (χ2v) is 17.1. The van der Waals surface area contributed by atoms with E-state index < -0.39 is 6.10 Å². The number of carbonyl (C=O) groups excluding carboxylic acids is 3. The van der Waals surface area contributed by atoms with Gasteiger partial charge in [-0.1, -0.05) is 229 Å². The molecule has 0 aromatic rings. The smallest absolute Gasteiger partial charge is 0.306 e. The summed E-state index contributed by atoms with van der Waals surface area (Å²) < 4.78 is 16.7. The van der Waals surface area contributed by atoms with E-state index in [2.05, 4.69) is 93.7 Å². The van der Waals surface area contributed by atoms with Crippen LogP contribution in [0.15, 0.2) is 72.9 Å². The number of rotatable bonds is 46. The third-order valence-corrected chi connectivity index (χ3v) is 11.0. The molecule has 0 bridgehead atoms. The number of hydrogen-bond acceptors (Lipinski definition) is 6. The van der Waals surface area contributed by atoms with E-state index in [0.29, 0.717) is 19.3 Å². The van der Waals surface area contributed by atoms with Gasteiger partial charge in [0.1, 0.15) is 13.2 Å². The topological polar surface area (TPSA) is 78.9 Å². The zero-order valence-corrected chi connectivity index (χ0v) is 40.6. The molecule has 0 N–H and O–H groups in total. The summed E-state index contributed by atoms with van der Waals surface area (Å²) >= 11 is 0. The molecule has 0 saturated carbocycles. The molecule has 1 unspecified atom stereocenters. The molecule has 0 aliphatic rings. The van der Waals surface area contributed by atoms with Crippen molar-refractivity contribution in [2.75, 3.05) is 13.2 Å². The Labute approximate surface area is 382 Å². The summed E-state index contributed by atoms with van der Waals surface area (Å²) in [4.78, 5) is 37.7. The van der Waals surface area contributed by atoms with Gasteiger partial charge in [0.15, 0.2) is 6.10 Å². The molecule has 6 heteroatoms. The van der Waals surface area contributed by atoms with E-state index in [9.17, 15) is 14.4 Å². The van der Waals surface area contributed by atoms with Crippen molar-refractivity contribution in [1.29, 1.82) is 0 Å². The predicted octanol–water partition coefficient (Wildman–Crippen LogP) is 17.0. The normalized spacial score (nSPS) is 12.6. The third-order valence-electron chi connectivity index (χ3n) is 11.0. The zero-order chi connectivity index (χ0) is 45.1. The van der Waals surface area contributed by atoms with Crippen LogP contribution in [0.4, 0.5) is 0 Å². The minimum absolute atomic E-state index is 0.0822. The maximum Gasteiger partial charge on any atom is 0.306 e. The second kappa shape index (κ2) is 50.5. The number of unbranched alkanes of at least 4 members (excludes halogenated alkanes) is 23. The first-order valence-corrected chi connectivity index (χ1v) is 25.9. The molecule has 0 amide bonds. The van der Waals surface area contributed by atoms with E-state index in [1.807, 2.05) is 0 Å². The van der Waals surface area contributed by atoms with Gasteiger partial charge >= 0.3 is 17.9 Å². The van der Waals surface area contributed by atoms with Crippen molar-refractivity contribution in [2.45, 2.75) is 252 Å². The van der Waals surface area contributed by atoms with E-state index in [1.54, 1.807) is 0 Å². The Morgan fingerprint density at radius 1 is 0.339 bits per heavy atom. The van der Waals surface area contributed by atoms with Crippen LogP contribution in [0.1, 0.15) is 245 Å². The molecule has 0 fully saturated rings. The Kier molecular flexibility index (Phi) is 47.9. The fraction of sp³-hybridized carbons (Fsp3) is 0.732. The van der Waals surface area contributed by atoms with Gasteiger partial charge in [-0.05, 0) is 70.6 Å². The fourth-order valence-electron chi connectivity index (χ4n) is 7.09. The molecular weight excluding hydrogens is 769 g/mol. The van der Waals surface area contributed by atoms with Crippen molar-refractivity contribution in [3.63, 3.8) is 0 Å². The summed E-state index contributed by atoms with van der Waals surface area (Å²) in [6.07, 6.45) is 63.4. The summed E-state index contributed by atoms with van der Waals surface area (Å²) in [5.74, 6) is -0.914. The Bertz CT molecular complexity index is 1180. The quantitative estimate of drug-likeness (QED) is 0.0262. The Morgan fingerprint density at radius 2 is 0.629 bits per heavy atom. The average molecular weight is 865 g/mol. The summed E-state index contributed by atoms with van der Waals surface area (Å²) in [7, 11) is 0. The standard InChI is InChI=1S/C56H96O6/c1-4-7-10-13-16-18-20-22-24-25-26-27-28-29-30-31-33-34-36-38-40-43-46-49-55(58)61-52-53(51-60-54(57)48-45-42-15-12-9-6-3)62-56(59)50-47-44-41-39-37-35-32-23-21-19-17-14-11-8-5-2/h7,10,16,18,22,24,26-27,29-30,33-34,53H,4-6,8-9,11-15,17,19-21,23,25,28,31-32,35-52H2,1-3H3/b10-7-,18-16-,24-22-,27-26-,30-29-,34-33-. The van der Waals surface area contributed by atoms with E-state index in [4.69, 9.17) is 14.2 Å². The number of hydrogen-bond donors (Lipinski definition) is 0. The van der Waals surface area contributed by atoms with Crippen molar-refractivity contribution >= 4 is 17.9 Å². The van der Waals surface area contributed by atoms with Crippen molar-refractivity contribution in [3.05, 3.63) is 72.9 Å². The van der Waals surface area contributed by atoms with Gasteiger partial charge in [0.25, 0.3) is 0 Å². The van der Waals surface area contributed by atoms with Crippen molar-refractivity contribution in [2.24, 2.45) is 0 Å². The molecule has 0 aromatic heterocycles. The van der Waals surface area contributed by atoms with Crippen LogP contribution in [0.2, 0.25) is 0 Å². The van der Waals surface area contributed by atoms with Crippen molar-refractivity contribution in [1.82, 2.24) is 0 Å². The lowest BCUT2D eigenvalue weighted by Gasteiger charge is -2.18. The summed E-state index contributed by atoms with van der Waals surface area (Å²) in [6.45, 7) is 6.45. The summed E-state index contributed by atoms with van der Waals surface area (Å²) in [6, 6.07) is 0. The van der Waals surface area contributed by atoms with Crippen molar-refractivity contribution < 1.29 is 28.6 Å². The Hall–Kier alpha value is -3.15. The molecule has 0 aromatic carbocycles. The predicted molar refractivity (Wildman–Crippen MR) is 265 cm³/mol. The number of allylic oxidation sites excluding steroid dienone is 12. The van der Waals surface area contributed by atoms with Crippen LogP contribution in [0.3, 0.4) is 0 Å². The van der Waals surface area contributed by atoms with Crippen LogP contribution in [0.5, 0.6) is 0 Å². The molecule has 0 aliphatic carbocycles. The van der Waals surface area contributed by atoms with E-state index in [0.717, 1.165) is 109 Å². The van der Waals surface area contributed by atoms with Gasteiger partial charge in [-0.2, -0.15) is 0 Å². The Balaban J connectivity index is 4.25. The first kappa shape index (κ1) is 58.9. The highest BCUT2D eigenvalue weighted by Crippen LogP contribution is 2.15. The highest BCUT2D eigenvalue weighted by molar-refractivity contribution is 5.71. The van der Waals surface area contributed by atoms with Gasteiger partial charge in [-0.3, -0.25) is 14.4 Å². The highest BCUT2D eigenvalue weighted by atomic mass is 16.6. The van der Waals surface area contributed by atoms with Crippen LogP contribution < -0.4 is 0 Å². The molecule has 0 rings (SSSR count). The molecule has 0 spiro atoms. The number of carbonyl (C=O) groups is 3. The molecule has 0 aliphatic heterocycles. The maximum atomic E-state index is 12.7. The minimum atomic E-state index is -0.780. The van der Waals surface area contributed by atoms with Crippen LogP contribution in [-0.2, 0) is 28.6 Å². The van der Waals surface area contributed by atoms with E-state index >= 15 is 0 Å². The van der Waals surface area contributed by atoms with Gasteiger partial charge in [0.2, 0.25) is 0 Å². The van der Waals surface area contributed by atoms with Crippen LogP contribution >= 0.6 is 0 Å². The highest BCUT2D eigenvalue weighted by Gasteiger charge is 2.19. The average Bonchev–Trinajstić information content (AvgIpc) is 3.27. The van der Waals surface area contributed by atoms with Gasteiger partial charge in [0, 0.05) is 19.3 Å². The van der Waals surface area contributed by atoms with Gasteiger partial charge in [-0.25, -0.2) is 0 Å². The first-order chi connectivity index (χ1) is 30.5. The second-order valence-electron chi connectivity index (χ2n) is 17.1. The number of esters is 3. The van der Waals surface area contributed by atoms with Gasteiger partial charge < -0.3 is 14.2 Å². The molecule has 0 radical (unpaired) electrons. The maximum absolute atomic E-state index is 12.7. The molecule has 6 nitrogen and oxygen atoms in total. The zero-order valence-electron chi connectivity index (χ0n) is 40.6. The van der Waals surface area contributed by atoms with E-state index in [-0.39, 0.29) is 31.1 Å². The lowest BCUT2D eigenvalue weighted by Crippen LogP contribution is -2.30. The lowest BCUT2D eigenvalue weighted by molar-refractivity contribution is -0.167. The van der Waals surface area contributed by atoms with Crippen LogP contribution in [0, 0.1) is 0 Å². The molecule has 356 valence electrons. The Morgan fingerprint density at radius 3 is 0.984 bits per heavy atom. The molecule has 62 heavy (non-hydrogen) atoms.